The largest absolute Gasteiger partial charge is 0.274 e. The number of rotatable bonds is 6. The molecule has 0 fully saturated rings. The topological polar surface area (TPSA) is 78.0 Å². The summed E-state index contributed by atoms with van der Waals surface area (Å²) in [7, 11) is 0. The lowest BCUT2D eigenvalue weighted by molar-refractivity contribution is -0.384. The maximum absolute atomic E-state index is 12.2. The van der Waals surface area contributed by atoms with E-state index in [-0.39, 0.29) is 11.2 Å². The Kier molecular flexibility index (Phi) is 4.45. The van der Waals surface area contributed by atoms with Crippen LogP contribution in [-0.4, -0.2) is 14.7 Å². The summed E-state index contributed by atoms with van der Waals surface area (Å²) in [6, 6.07) is 4.26. The average molecular weight is 275 g/mol. The second-order valence-corrected chi connectivity index (χ2v) is 4.76. The van der Waals surface area contributed by atoms with E-state index in [1.165, 1.54) is 16.8 Å². The van der Waals surface area contributed by atoms with Crippen LogP contribution in [0.2, 0.25) is 0 Å². The van der Waals surface area contributed by atoms with Crippen molar-refractivity contribution in [1.29, 1.82) is 0 Å². The standard InChI is InChI=1S/C14H17N3O3/c1-2-3-4-5-8-16-14(18)13-9-12(17(19)20)7-6-11(13)10-15-16/h6-7,9-10H,2-5,8H2,1H3. The highest BCUT2D eigenvalue weighted by atomic mass is 16.6. The first-order valence-electron chi connectivity index (χ1n) is 6.77. The van der Waals surface area contributed by atoms with Gasteiger partial charge in [0.25, 0.3) is 11.2 Å². The van der Waals surface area contributed by atoms with Crippen LogP contribution in [0.5, 0.6) is 0 Å². The Labute approximate surface area is 116 Å². The van der Waals surface area contributed by atoms with Gasteiger partial charge in [-0.15, -0.1) is 0 Å². The second-order valence-electron chi connectivity index (χ2n) is 4.76. The molecule has 1 aromatic heterocycles. The monoisotopic (exact) mass is 275 g/mol. The third-order valence-electron chi connectivity index (χ3n) is 3.27. The van der Waals surface area contributed by atoms with E-state index in [1.54, 1.807) is 12.3 Å². The first-order chi connectivity index (χ1) is 9.63. The number of hydrogen-bond donors (Lipinski definition) is 0. The molecule has 0 saturated carbocycles. The maximum atomic E-state index is 12.2. The molecule has 0 saturated heterocycles. The number of hydrogen-bond acceptors (Lipinski definition) is 4. The van der Waals surface area contributed by atoms with E-state index in [1.807, 2.05) is 0 Å². The molecule has 0 unspecified atom stereocenters. The van der Waals surface area contributed by atoms with Crippen molar-refractivity contribution in [3.05, 3.63) is 44.9 Å². The van der Waals surface area contributed by atoms with Crippen molar-refractivity contribution in [2.45, 2.75) is 39.2 Å². The molecule has 0 aliphatic heterocycles. The highest BCUT2D eigenvalue weighted by Crippen LogP contribution is 2.17. The summed E-state index contributed by atoms with van der Waals surface area (Å²) in [5.41, 5.74) is -0.332. The molecule has 0 aliphatic carbocycles. The van der Waals surface area contributed by atoms with E-state index in [2.05, 4.69) is 12.0 Å². The summed E-state index contributed by atoms with van der Waals surface area (Å²) >= 11 is 0. The minimum Gasteiger partial charge on any atom is -0.267 e. The summed E-state index contributed by atoms with van der Waals surface area (Å²) in [4.78, 5) is 22.5. The van der Waals surface area contributed by atoms with Gasteiger partial charge in [-0.2, -0.15) is 5.10 Å². The fraction of sp³-hybridized carbons (Fsp3) is 0.429. The molecule has 0 aliphatic rings. The van der Waals surface area contributed by atoms with Crippen LogP contribution in [0.1, 0.15) is 32.6 Å². The molecule has 0 radical (unpaired) electrons. The molecule has 1 aromatic carbocycles. The minimum absolute atomic E-state index is 0.0710. The zero-order valence-electron chi connectivity index (χ0n) is 11.4. The average Bonchev–Trinajstić information content (AvgIpc) is 2.45. The zero-order chi connectivity index (χ0) is 14.5. The maximum Gasteiger partial charge on any atom is 0.274 e. The smallest absolute Gasteiger partial charge is 0.267 e. The Morgan fingerprint density at radius 3 is 2.80 bits per heavy atom. The van der Waals surface area contributed by atoms with Gasteiger partial charge in [-0.05, 0) is 12.5 Å². The molecule has 20 heavy (non-hydrogen) atoms. The zero-order valence-corrected chi connectivity index (χ0v) is 11.4. The minimum atomic E-state index is -0.495. The second kappa shape index (κ2) is 6.27. The predicted molar refractivity (Wildman–Crippen MR) is 76.8 cm³/mol. The van der Waals surface area contributed by atoms with Crippen molar-refractivity contribution in [1.82, 2.24) is 9.78 Å². The van der Waals surface area contributed by atoms with Gasteiger partial charge >= 0.3 is 0 Å². The van der Waals surface area contributed by atoms with Crippen LogP contribution in [0.4, 0.5) is 5.69 Å². The van der Waals surface area contributed by atoms with Crippen LogP contribution in [0.15, 0.2) is 29.2 Å². The number of nitrogens with zero attached hydrogens (tertiary/aromatic N) is 3. The molecule has 0 amide bonds. The Bertz CT molecular complexity index is 679. The number of aromatic nitrogens is 2. The van der Waals surface area contributed by atoms with E-state index in [4.69, 9.17) is 0 Å². The fourth-order valence-electron chi connectivity index (χ4n) is 2.13. The molecule has 1 heterocycles. The molecule has 0 spiro atoms. The number of nitro benzene ring substituents is 1. The number of unbranched alkanes of at least 4 members (excludes halogenated alkanes) is 3. The van der Waals surface area contributed by atoms with Gasteiger partial charge in [0.1, 0.15) is 0 Å². The van der Waals surface area contributed by atoms with Gasteiger partial charge in [0.15, 0.2) is 0 Å². The van der Waals surface area contributed by atoms with Crippen LogP contribution < -0.4 is 5.56 Å². The summed E-state index contributed by atoms with van der Waals surface area (Å²) in [5.74, 6) is 0. The fourth-order valence-corrected chi connectivity index (χ4v) is 2.13. The Morgan fingerprint density at radius 2 is 2.10 bits per heavy atom. The number of fused-ring (bicyclic) bond motifs is 1. The van der Waals surface area contributed by atoms with Crippen molar-refractivity contribution >= 4 is 16.5 Å². The quantitative estimate of drug-likeness (QED) is 0.461. The molecule has 0 bridgehead atoms. The van der Waals surface area contributed by atoms with Crippen molar-refractivity contribution in [3.8, 4) is 0 Å². The van der Waals surface area contributed by atoms with Gasteiger partial charge in [0.05, 0.1) is 16.5 Å². The van der Waals surface area contributed by atoms with Gasteiger partial charge in [0, 0.05) is 24.1 Å². The predicted octanol–water partition coefficient (Wildman–Crippen LogP) is 2.89. The number of non-ortho nitro benzene ring substituents is 1. The summed E-state index contributed by atoms with van der Waals surface area (Å²) < 4.78 is 1.39. The Balaban J connectivity index is 2.31. The number of aryl methyl sites for hydroxylation is 1. The van der Waals surface area contributed by atoms with Gasteiger partial charge in [-0.25, -0.2) is 4.68 Å². The van der Waals surface area contributed by atoms with Crippen LogP contribution in [0.3, 0.4) is 0 Å². The van der Waals surface area contributed by atoms with Gasteiger partial charge in [-0.3, -0.25) is 14.9 Å². The van der Waals surface area contributed by atoms with Crippen LogP contribution in [0, 0.1) is 10.1 Å². The third kappa shape index (κ3) is 3.01. The van der Waals surface area contributed by atoms with Crippen molar-refractivity contribution in [2.24, 2.45) is 0 Å². The third-order valence-corrected chi connectivity index (χ3v) is 3.27. The number of nitro groups is 1. The van der Waals surface area contributed by atoms with Crippen LogP contribution in [0.25, 0.3) is 10.8 Å². The van der Waals surface area contributed by atoms with Crippen molar-refractivity contribution < 1.29 is 4.92 Å². The molecular weight excluding hydrogens is 258 g/mol. The highest BCUT2D eigenvalue weighted by molar-refractivity contribution is 5.82. The highest BCUT2D eigenvalue weighted by Gasteiger charge is 2.10. The van der Waals surface area contributed by atoms with E-state index >= 15 is 0 Å². The molecule has 6 heteroatoms. The lowest BCUT2D eigenvalue weighted by Crippen LogP contribution is -2.22. The summed E-state index contributed by atoms with van der Waals surface area (Å²) in [6.45, 7) is 2.68. The van der Waals surface area contributed by atoms with E-state index in [9.17, 15) is 14.9 Å². The van der Waals surface area contributed by atoms with E-state index in [0.717, 1.165) is 25.7 Å². The van der Waals surface area contributed by atoms with Crippen LogP contribution in [-0.2, 0) is 6.54 Å². The van der Waals surface area contributed by atoms with E-state index < -0.39 is 4.92 Å². The molecule has 6 nitrogen and oxygen atoms in total. The van der Waals surface area contributed by atoms with Gasteiger partial charge < -0.3 is 0 Å². The van der Waals surface area contributed by atoms with Gasteiger partial charge in [-0.1, -0.05) is 26.2 Å². The van der Waals surface area contributed by atoms with Gasteiger partial charge in [0.2, 0.25) is 0 Å². The Morgan fingerprint density at radius 1 is 1.30 bits per heavy atom. The molecule has 0 atom stereocenters. The molecule has 2 aromatic rings. The summed E-state index contributed by atoms with van der Waals surface area (Å²) in [6.07, 6.45) is 5.79. The van der Waals surface area contributed by atoms with Crippen molar-refractivity contribution in [3.63, 3.8) is 0 Å². The first-order valence-corrected chi connectivity index (χ1v) is 6.77. The van der Waals surface area contributed by atoms with E-state index in [0.29, 0.717) is 17.3 Å². The van der Waals surface area contributed by atoms with Crippen molar-refractivity contribution in [2.75, 3.05) is 0 Å². The molecular formula is C14H17N3O3. The molecule has 106 valence electrons. The summed E-state index contributed by atoms with van der Waals surface area (Å²) in [5, 5.41) is 15.9. The SMILES string of the molecule is CCCCCCn1ncc2ccc([N+](=O)[O-])cc2c1=O. The molecule has 2 rings (SSSR count). The first kappa shape index (κ1) is 14.2. The van der Waals surface area contributed by atoms with Crippen LogP contribution >= 0.6 is 0 Å². The number of benzene rings is 1. The Hall–Kier alpha value is -2.24. The molecule has 0 N–H and O–H groups in total. The lowest BCUT2D eigenvalue weighted by Gasteiger charge is -2.05. The lowest BCUT2D eigenvalue weighted by atomic mass is 10.2. The normalized spacial score (nSPS) is 10.8.